The van der Waals surface area contributed by atoms with E-state index in [-0.39, 0.29) is 25.7 Å². The zero-order valence-electron chi connectivity index (χ0n) is 22.1. The van der Waals surface area contributed by atoms with Gasteiger partial charge in [0.05, 0.1) is 6.04 Å². The molecule has 4 atom stereocenters. The van der Waals surface area contributed by atoms with Crippen molar-refractivity contribution in [1.82, 2.24) is 16.0 Å². The van der Waals surface area contributed by atoms with Crippen molar-refractivity contribution in [3.05, 3.63) is 71.8 Å². The molecule has 0 bridgehead atoms. The number of carboxylic acid groups (broad SMARTS) is 1. The normalized spacial score (nSPS) is 13.9. The number of carboxylic acids is 1. The van der Waals surface area contributed by atoms with Crippen molar-refractivity contribution in [1.29, 1.82) is 0 Å². The van der Waals surface area contributed by atoms with Gasteiger partial charge in [-0.2, -0.15) is 0 Å². The van der Waals surface area contributed by atoms with Crippen LogP contribution in [0.1, 0.15) is 37.8 Å². The van der Waals surface area contributed by atoms with Gasteiger partial charge in [0, 0.05) is 19.3 Å². The number of amides is 4. The first-order chi connectivity index (χ1) is 18.5. The Balaban J connectivity index is 2.29. The summed E-state index contributed by atoms with van der Waals surface area (Å²) in [6, 6.07) is 13.4. The Hall–Kier alpha value is -4.25. The fourth-order valence-electron chi connectivity index (χ4n) is 3.87. The lowest BCUT2D eigenvalue weighted by atomic mass is 10.0. The molecule has 0 saturated carbocycles. The summed E-state index contributed by atoms with van der Waals surface area (Å²) in [5.41, 5.74) is 12.5. The van der Waals surface area contributed by atoms with Crippen LogP contribution in [-0.2, 0) is 36.8 Å². The van der Waals surface area contributed by atoms with Crippen LogP contribution in [0.2, 0.25) is 0 Å². The van der Waals surface area contributed by atoms with Gasteiger partial charge < -0.3 is 32.5 Å². The highest BCUT2D eigenvalue weighted by molar-refractivity contribution is 5.94. The highest BCUT2D eigenvalue weighted by atomic mass is 16.4. The maximum absolute atomic E-state index is 13.5. The first kappa shape index (κ1) is 31.0. The summed E-state index contributed by atoms with van der Waals surface area (Å²) in [6.07, 6.45) is 0.104. The number of carbonyl (C=O) groups excluding carboxylic acids is 4. The van der Waals surface area contributed by atoms with E-state index < -0.39 is 59.7 Å². The minimum atomic E-state index is -1.19. The topological polar surface area (TPSA) is 194 Å². The summed E-state index contributed by atoms with van der Waals surface area (Å²) in [6.45, 7) is 3.33. The molecule has 11 nitrogen and oxygen atoms in total. The molecule has 8 N–H and O–H groups in total. The summed E-state index contributed by atoms with van der Waals surface area (Å²) in [5.74, 6) is -4.17. The van der Waals surface area contributed by atoms with E-state index in [0.29, 0.717) is 0 Å². The monoisotopic (exact) mass is 539 g/mol. The first-order valence-corrected chi connectivity index (χ1v) is 12.7. The standard InChI is InChI=1S/C28H37N5O6/c1-17(2)24(28(38)39)33-27(37)22(16-19-11-7-4-8-12-19)32-26(36)21(15-18-9-5-3-6-10-18)31-25(35)20(29)13-14-23(30)34/h3-12,17,20-22,24H,13-16,29H2,1-2H3,(H2,30,34)(H,31,35)(H,32,36)(H,33,37)(H,38,39). The van der Waals surface area contributed by atoms with Crippen molar-refractivity contribution in [2.45, 2.75) is 63.7 Å². The van der Waals surface area contributed by atoms with E-state index in [1.165, 1.54) is 0 Å². The van der Waals surface area contributed by atoms with Crippen LogP contribution in [0.3, 0.4) is 0 Å². The molecule has 0 spiro atoms. The molecule has 2 aromatic rings. The van der Waals surface area contributed by atoms with Gasteiger partial charge in [-0.25, -0.2) is 4.79 Å². The first-order valence-electron chi connectivity index (χ1n) is 12.7. The molecule has 0 heterocycles. The summed E-state index contributed by atoms with van der Waals surface area (Å²) in [4.78, 5) is 62.2. The third-order valence-corrected chi connectivity index (χ3v) is 6.10. The minimum absolute atomic E-state index is 0.00561. The lowest BCUT2D eigenvalue weighted by molar-refractivity contribution is -0.143. The summed E-state index contributed by atoms with van der Waals surface area (Å²) in [5, 5.41) is 17.4. The third-order valence-electron chi connectivity index (χ3n) is 6.10. The van der Waals surface area contributed by atoms with E-state index in [0.717, 1.165) is 11.1 Å². The number of nitrogens with two attached hydrogens (primary N) is 2. The van der Waals surface area contributed by atoms with E-state index in [9.17, 15) is 29.1 Å². The maximum Gasteiger partial charge on any atom is 0.326 e. The average Bonchev–Trinajstić information content (AvgIpc) is 2.90. The molecule has 0 fully saturated rings. The van der Waals surface area contributed by atoms with Crippen LogP contribution in [0.25, 0.3) is 0 Å². The summed E-state index contributed by atoms with van der Waals surface area (Å²) < 4.78 is 0. The van der Waals surface area contributed by atoms with Crippen LogP contribution in [0.15, 0.2) is 60.7 Å². The van der Waals surface area contributed by atoms with Crippen molar-refractivity contribution in [3.63, 3.8) is 0 Å². The van der Waals surface area contributed by atoms with Crippen LogP contribution in [0.4, 0.5) is 0 Å². The van der Waals surface area contributed by atoms with Crippen LogP contribution in [-0.4, -0.2) is 58.9 Å². The lowest BCUT2D eigenvalue weighted by Crippen LogP contribution is -2.58. The number of primary amides is 1. The molecule has 4 amide bonds. The molecule has 0 radical (unpaired) electrons. The molecule has 0 aromatic heterocycles. The Morgan fingerprint density at radius 2 is 1.18 bits per heavy atom. The summed E-state index contributed by atoms with van der Waals surface area (Å²) in [7, 11) is 0. The minimum Gasteiger partial charge on any atom is -0.480 e. The number of rotatable bonds is 15. The van der Waals surface area contributed by atoms with Crippen molar-refractivity contribution < 1.29 is 29.1 Å². The SMILES string of the molecule is CC(C)C(NC(=O)C(Cc1ccccc1)NC(=O)C(Cc1ccccc1)NC(=O)C(N)CCC(N)=O)C(=O)O. The second-order valence-electron chi connectivity index (χ2n) is 9.68. The zero-order valence-corrected chi connectivity index (χ0v) is 22.1. The van der Waals surface area contributed by atoms with Gasteiger partial charge in [0.15, 0.2) is 0 Å². The van der Waals surface area contributed by atoms with Gasteiger partial charge in [0.1, 0.15) is 18.1 Å². The van der Waals surface area contributed by atoms with Gasteiger partial charge >= 0.3 is 5.97 Å². The molecule has 0 aliphatic rings. The van der Waals surface area contributed by atoms with Crippen molar-refractivity contribution in [2.75, 3.05) is 0 Å². The Kier molecular flexibility index (Phi) is 12.1. The zero-order chi connectivity index (χ0) is 28.9. The fraction of sp³-hybridized carbons (Fsp3) is 0.393. The third kappa shape index (κ3) is 10.6. The molecule has 0 aliphatic carbocycles. The highest BCUT2D eigenvalue weighted by Gasteiger charge is 2.31. The van der Waals surface area contributed by atoms with Crippen LogP contribution < -0.4 is 27.4 Å². The Bertz CT molecular complexity index is 1130. The number of aliphatic carboxylic acids is 1. The van der Waals surface area contributed by atoms with Gasteiger partial charge in [-0.1, -0.05) is 74.5 Å². The molecule has 210 valence electrons. The molecule has 11 heteroatoms. The van der Waals surface area contributed by atoms with Crippen LogP contribution in [0, 0.1) is 5.92 Å². The molecular weight excluding hydrogens is 502 g/mol. The molecule has 39 heavy (non-hydrogen) atoms. The van der Waals surface area contributed by atoms with E-state index in [2.05, 4.69) is 16.0 Å². The van der Waals surface area contributed by atoms with E-state index in [1.54, 1.807) is 62.4 Å². The lowest BCUT2D eigenvalue weighted by Gasteiger charge is -2.26. The Morgan fingerprint density at radius 1 is 0.744 bits per heavy atom. The molecule has 2 aromatic carbocycles. The smallest absolute Gasteiger partial charge is 0.326 e. The fourth-order valence-corrected chi connectivity index (χ4v) is 3.87. The number of nitrogens with one attached hydrogen (secondary N) is 3. The van der Waals surface area contributed by atoms with Crippen molar-refractivity contribution in [2.24, 2.45) is 17.4 Å². The molecule has 0 saturated heterocycles. The number of carbonyl (C=O) groups is 5. The maximum atomic E-state index is 13.5. The Morgan fingerprint density at radius 3 is 1.59 bits per heavy atom. The predicted molar refractivity (Wildman–Crippen MR) is 145 cm³/mol. The van der Waals surface area contributed by atoms with E-state index in [4.69, 9.17) is 11.5 Å². The molecular formula is C28H37N5O6. The Labute approximate surface area is 227 Å². The van der Waals surface area contributed by atoms with E-state index >= 15 is 0 Å². The van der Waals surface area contributed by atoms with Gasteiger partial charge in [-0.05, 0) is 23.5 Å². The van der Waals surface area contributed by atoms with Crippen molar-refractivity contribution >= 4 is 29.6 Å². The van der Waals surface area contributed by atoms with Gasteiger partial charge in [-0.15, -0.1) is 0 Å². The molecule has 2 rings (SSSR count). The molecule has 0 aliphatic heterocycles. The van der Waals surface area contributed by atoms with Crippen LogP contribution in [0.5, 0.6) is 0 Å². The van der Waals surface area contributed by atoms with Gasteiger partial charge in [0.2, 0.25) is 23.6 Å². The highest BCUT2D eigenvalue weighted by Crippen LogP contribution is 2.09. The van der Waals surface area contributed by atoms with Gasteiger partial charge in [0.25, 0.3) is 0 Å². The predicted octanol–water partition coefficient (Wildman–Crippen LogP) is 0.260. The van der Waals surface area contributed by atoms with Crippen LogP contribution >= 0.6 is 0 Å². The average molecular weight is 540 g/mol. The van der Waals surface area contributed by atoms with Crippen molar-refractivity contribution in [3.8, 4) is 0 Å². The second-order valence-corrected chi connectivity index (χ2v) is 9.68. The van der Waals surface area contributed by atoms with Gasteiger partial charge in [-0.3, -0.25) is 19.2 Å². The molecule has 4 unspecified atom stereocenters. The second kappa shape index (κ2) is 15.2. The number of hydrogen-bond acceptors (Lipinski definition) is 6. The largest absolute Gasteiger partial charge is 0.480 e. The number of hydrogen-bond donors (Lipinski definition) is 6. The summed E-state index contributed by atoms with van der Waals surface area (Å²) >= 11 is 0. The quantitative estimate of drug-likeness (QED) is 0.187. The number of benzene rings is 2. The van der Waals surface area contributed by atoms with E-state index in [1.807, 2.05) is 12.1 Å².